The quantitative estimate of drug-likeness (QED) is 0.230. The van der Waals surface area contributed by atoms with Gasteiger partial charge in [-0.1, -0.05) is 127 Å². The zero-order chi connectivity index (χ0) is 25.8. The fourth-order valence-electron chi connectivity index (χ4n) is 5.03. The normalized spacial score (nSPS) is 18.7. The molecule has 0 saturated carbocycles. The van der Waals surface area contributed by atoms with Gasteiger partial charge in [0.15, 0.2) is 11.4 Å². The molecule has 182 valence electrons. The molecular formula is C33H28N2O2. The van der Waals surface area contributed by atoms with Gasteiger partial charge in [-0.3, -0.25) is 4.79 Å². The van der Waals surface area contributed by atoms with Crippen molar-refractivity contribution in [2.24, 2.45) is 5.92 Å². The monoisotopic (exact) mass is 484 g/mol. The zero-order valence-corrected chi connectivity index (χ0v) is 20.7. The highest BCUT2D eigenvalue weighted by Gasteiger charge is 2.53. The largest absolute Gasteiger partial charge is 0.367 e. The van der Waals surface area contributed by atoms with E-state index < -0.39 is 5.72 Å². The van der Waals surface area contributed by atoms with Crippen LogP contribution in [-0.2, 0) is 16.9 Å². The van der Waals surface area contributed by atoms with E-state index >= 15 is 0 Å². The van der Waals surface area contributed by atoms with Crippen molar-refractivity contribution >= 4 is 17.7 Å². The molecule has 3 unspecified atom stereocenters. The minimum Gasteiger partial charge on any atom is -0.367 e. The van der Waals surface area contributed by atoms with Crippen LogP contribution in [0.4, 0.5) is 5.69 Å². The predicted octanol–water partition coefficient (Wildman–Crippen LogP) is 6.85. The smallest absolute Gasteiger partial charge is 0.231 e. The Labute approximate surface area is 218 Å². The second kappa shape index (κ2) is 10.3. The molecule has 0 aliphatic carbocycles. The third-order valence-electron chi connectivity index (χ3n) is 7.05. The van der Waals surface area contributed by atoms with Gasteiger partial charge in [0.2, 0.25) is 5.91 Å². The van der Waals surface area contributed by atoms with Gasteiger partial charge >= 0.3 is 0 Å². The molecule has 0 spiro atoms. The standard InChI is InChI=1S/C33H28N2O2/c1-33(37,28-19-17-27(18-20-28)26-13-7-4-8-14-26)35-31(21-16-24-10-5-3-6-11-24)30(32(35)36)23-25-12-9-15-29(22-25)34-2/h3-22,30-31,37H,23H2,1H3/b21-16+. The maximum Gasteiger partial charge on any atom is 0.231 e. The Balaban J connectivity index is 1.44. The van der Waals surface area contributed by atoms with Crippen LogP contribution in [0.1, 0.15) is 23.6 Å². The van der Waals surface area contributed by atoms with E-state index in [9.17, 15) is 9.90 Å². The van der Waals surface area contributed by atoms with Crippen molar-refractivity contribution in [2.75, 3.05) is 0 Å². The molecule has 4 aromatic rings. The highest BCUT2D eigenvalue weighted by molar-refractivity contribution is 5.88. The Hall–Kier alpha value is -4.46. The molecule has 0 aromatic heterocycles. The number of carbonyl (C=O) groups is 1. The summed E-state index contributed by atoms with van der Waals surface area (Å²) in [6.45, 7) is 8.99. The van der Waals surface area contributed by atoms with Gasteiger partial charge in [-0.2, -0.15) is 0 Å². The van der Waals surface area contributed by atoms with Gasteiger partial charge in [0.05, 0.1) is 18.5 Å². The lowest BCUT2D eigenvalue weighted by atomic mass is 9.79. The van der Waals surface area contributed by atoms with Crippen molar-refractivity contribution in [3.63, 3.8) is 0 Å². The van der Waals surface area contributed by atoms with Gasteiger partial charge in [-0.15, -0.1) is 0 Å². The topological polar surface area (TPSA) is 44.9 Å². The van der Waals surface area contributed by atoms with Crippen LogP contribution in [0.5, 0.6) is 0 Å². The van der Waals surface area contributed by atoms with Crippen molar-refractivity contribution in [3.8, 4) is 11.1 Å². The molecule has 1 heterocycles. The SMILES string of the molecule is [C-]#[N+]c1cccc(CC2C(=O)N(C(C)(O)c3ccc(-c4ccccc4)cc3)C2/C=C/c2ccccc2)c1. The number of hydrogen-bond acceptors (Lipinski definition) is 2. The van der Waals surface area contributed by atoms with Crippen LogP contribution in [0.3, 0.4) is 0 Å². The van der Waals surface area contributed by atoms with E-state index in [1.807, 2.05) is 115 Å². The molecule has 4 aromatic carbocycles. The molecule has 0 radical (unpaired) electrons. The lowest BCUT2D eigenvalue weighted by molar-refractivity contribution is -0.195. The minimum atomic E-state index is -1.48. The molecule has 1 aliphatic heterocycles. The first-order valence-electron chi connectivity index (χ1n) is 12.4. The van der Waals surface area contributed by atoms with E-state index in [1.54, 1.807) is 17.9 Å². The number of carbonyl (C=O) groups excluding carboxylic acids is 1. The van der Waals surface area contributed by atoms with Crippen LogP contribution in [-0.4, -0.2) is 22.0 Å². The number of β-lactam (4-membered cyclic amide) rings is 1. The second-order valence-corrected chi connectivity index (χ2v) is 9.53. The summed E-state index contributed by atoms with van der Waals surface area (Å²) in [5.41, 5.74) is 3.86. The van der Waals surface area contributed by atoms with Crippen molar-refractivity contribution in [1.29, 1.82) is 0 Å². The molecule has 37 heavy (non-hydrogen) atoms. The number of benzene rings is 4. The van der Waals surface area contributed by atoms with Crippen molar-refractivity contribution in [2.45, 2.75) is 25.1 Å². The highest BCUT2D eigenvalue weighted by Crippen LogP contribution is 2.41. The van der Waals surface area contributed by atoms with Gasteiger partial charge < -0.3 is 10.0 Å². The molecule has 3 atom stereocenters. The lowest BCUT2D eigenvalue weighted by Gasteiger charge is -2.53. The average molecular weight is 485 g/mol. The Kier molecular flexibility index (Phi) is 6.72. The van der Waals surface area contributed by atoms with E-state index in [4.69, 9.17) is 6.57 Å². The molecule has 4 nitrogen and oxygen atoms in total. The molecule has 1 fully saturated rings. The number of likely N-dealkylation sites (tertiary alicyclic amines) is 1. The highest BCUT2D eigenvalue weighted by atomic mass is 16.3. The first-order valence-corrected chi connectivity index (χ1v) is 12.4. The summed E-state index contributed by atoms with van der Waals surface area (Å²) in [6, 6.07) is 34.8. The lowest BCUT2D eigenvalue weighted by Crippen LogP contribution is -2.67. The van der Waals surface area contributed by atoms with Crippen molar-refractivity contribution in [1.82, 2.24) is 4.90 Å². The average Bonchev–Trinajstić information content (AvgIpc) is 2.95. The van der Waals surface area contributed by atoms with E-state index in [2.05, 4.69) is 4.85 Å². The number of nitrogens with zero attached hydrogens (tertiary/aromatic N) is 2. The van der Waals surface area contributed by atoms with Crippen LogP contribution in [0.2, 0.25) is 0 Å². The number of amides is 1. The van der Waals surface area contributed by atoms with Gasteiger partial charge in [-0.05, 0) is 30.0 Å². The van der Waals surface area contributed by atoms with Crippen LogP contribution in [0.15, 0.2) is 115 Å². The summed E-state index contributed by atoms with van der Waals surface area (Å²) in [4.78, 5) is 18.6. The van der Waals surface area contributed by atoms with Crippen LogP contribution in [0.25, 0.3) is 22.0 Å². The molecule has 1 N–H and O–H groups in total. The van der Waals surface area contributed by atoms with Crippen molar-refractivity contribution in [3.05, 3.63) is 143 Å². The molecular weight excluding hydrogens is 456 g/mol. The fraction of sp³-hybridized carbons (Fsp3) is 0.152. The Bertz CT molecular complexity index is 1450. The van der Waals surface area contributed by atoms with E-state index in [0.717, 1.165) is 22.3 Å². The van der Waals surface area contributed by atoms with Crippen LogP contribution in [0, 0.1) is 12.5 Å². The molecule has 1 amide bonds. The summed E-state index contributed by atoms with van der Waals surface area (Å²) < 4.78 is 0. The zero-order valence-electron chi connectivity index (χ0n) is 20.7. The Morgan fingerprint density at radius 2 is 1.54 bits per heavy atom. The summed E-state index contributed by atoms with van der Waals surface area (Å²) in [5.74, 6) is -0.427. The number of hydrogen-bond donors (Lipinski definition) is 1. The molecule has 0 bridgehead atoms. The summed E-state index contributed by atoms with van der Waals surface area (Å²) in [5, 5.41) is 11.7. The number of aliphatic hydroxyl groups is 1. The third kappa shape index (κ3) is 4.95. The maximum absolute atomic E-state index is 13.5. The number of rotatable bonds is 7. The van der Waals surface area contributed by atoms with E-state index in [0.29, 0.717) is 17.7 Å². The second-order valence-electron chi connectivity index (χ2n) is 9.53. The molecule has 1 saturated heterocycles. The third-order valence-corrected chi connectivity index (χ3v) is 7.05. The predicted molar refractivity (Wildman–Crippen MR) is 147 cm³/mol. The minimum absolute atomic E-state index is 0.104. The fourth-order valence-corrected chi connectivity index (χ4v) is 5.03. The Morgan fingerprint density at radius 3 is 2.22 bits per heavy atom. The summed E-state index contributed by atoms with van der Waals surface area (Å²) >= 11 is 0. The van der Waals surface area contributed by atoms with E-state index in [1.165, 1.54) is 0 Å². The first kappa shape index (κ1) is 24.2. The van der Waals surface area contributed by atoms with Gasteiger partial charge in [-0.25, -0.2) is 4.85 Å². The van der Waals surface area contributed by atoms with Gasteiger partial charge in [0.25, 0.3) is 0 Å². The van der Waals surface area contributed by atoms with Gasteiger partial charge in [0, 0.05) is 5.56 Å². The Morgan fingerprint density at radius 1 is 0.892 bits per heavy atom. The van der Waals surface area contributed by atoms with Crippen LogP contribution < -0.4 is 0 Å². The molecule has 5 rings (SSSR count). The first-order chi connectivity index (χ1) is 18.0. The summed E-state index contributed by atoms with van der Waals surface area (Å²) in [6.07, 6.45) is 4.51. The van der Waals surface area contributed by atoms with Gasteiger partial charge in [0.1, 0.15) is 0 Å². The van der Waals surface area contributed by atoms with E-state index in [-0.39, 0.29) is 17.9 Å². The van der Waals surface area contributed by atoms with Crippen molar-refractivity contribution < 1.29 is 9.90 Å². The summed E-state index contributed by atoms with van der Waals surface area (Å²) in [7, 11) is 0. The van der Waals surface area contributed by atoms with Crippen LogP contribution >= 0.6 is 0 Å². The maximum atomic E-state index is 13.5. The molecule has 1 aliphatic rings. The molecule has 4 heteroatoms.